The average molecular weight is 562 g/mol. The summed E-state index contributed by atoms with van der Waals surface area (Å²) in [5, 5.41) is 6.16. The molecule has 0 bridgehead atoms. The molecule has 0 radical (unpaired) electrons. The maximum Gasteiger partial charge on any atom is 0.319 e. The van der Waals surface area contributed by atoms with E-state index in [-0.39, 0.29) is 18.2 Å². The first-order valence-corrected chi connectivity index (χ1v) is 13.1. The van der Waals surface area contributed by atoms with E-state index >= 15 is 0 Å². The van der Waals surface area contributed by atoms with Crippen molar-refractivity contribution in [1.29, 1.82) is 0 Å². The SMILES string of the molecule is CC(C)Oc1ccccc1N1CCN([C@H]2CC[C@@H](NC(=O)Nc3ccccc3I)CC2)CC1. The van der Waals surface area contributed by atoms with Gasteiger partial charge in [0.1, 0.15) is 5.75 Å². The van der Waals surface area contributed by atoms with Gasteiger partial charge in [-0.25, -0.2) is 4.79 Å². The highest BCUT2D eigenvalue weighted by Gasteiger charge is 2.29. The van der Waals surface area contributed by atoms with Crippen molar-refractivity contribution >= 4 is 40.0 Å². The number of anilines is 2. The number of rotatable bonds is 6. The number of carbonyl (C=O) groups excluding carboxylic acids is 1. The van der Waals surface area contributed by atoms with Gasteiger partial charge in [0.2, 0.25) is 0 Å². The normalized spacial score (nSPS) is 21.6. The summed E-state index contributed by atoms with van der Waals surface area (Å²) in [6.07, 6.45) is 4.53. The molecule has 1 aliphatic heterocycles. The monoisotopic (exact) mass is 562 g/mol. The number of nitrogens with zero attached hydrogens (tertiary/aromatic N) is 2. The van der Waals surface area contributed by atoms with Gasteiger partial charge < -0.3 is 20.3 Å². The minimum atomic E-state index is -0.0986. The molecule has 2 aromatic carbocycles. The van der Waals surface area contributed by atoms with Crippen LogP contribution in [0.1, 0.15) is 39.5 Å². The summed E-state index contributed by atoms with van der Waals surface area (Å²) in [6.45, 7) is 8.35. The molecule has 2 aliphatic rings. The fraction of sp³-hybridized carbons (Fsp3) is 0.500. The number of halogens is 1. The molecule has 2 N–H and O–H groups in total. The van der Waals surface area contributed by atoms with Crippen molar-refractivity contribution in [2.75, 3.05) is 36.4 Å². The Morgan fingerprint density at radius 3 is 2.33 bits per heavy atom. The number of nitrogens with one attached hydrogen (secondary N) is 2. The molecule has 1 aliphatic carbocycles. The molecule has 1 saturated heterocycles. The third kappa shape index (κ3) is 6.53. The van der Waals surface area contributed by atoms with Crippen molar-refractivity contribution in [2.24, 2.45) is 0 Å². The first kappa shape index (κ1) is 24.1. The smallest absolute Gasteiger partial charge is 0.319 e. The third-order valence-corrected chi connectivity index (χ3v) is 7.49. The zero-order valence-electron chi connectivity index (χ0n) is 19.6. The molecule has 4 rings (SSSR count). The highest BCUT2D eigenvalue weighted by atomic mass is 127. The Morgan fingerprint density at radius 2 is 1.64 bits per heavy atom. The van der Waals surface area contributed by atoms with E-state index in [4.69, 9.17) is 4.74 Å². The predicted molar refractivity (Wildman–Crippen MR) is 143 cm³/mol. The van der Waals surface area contributed by atoms with Crippen LogP contribution in [0.15, 0.2) is 48.5 Å². The first-order chi connectivity index (χ1) is 16.0. The molecule has 2 aromatic rings. The lowest BCUT2D eigenvalue weighted by atomic mass is 9.90. The second-order valence-corrected chi connectivity index (χ2v) is 10.4. The van der Waals surface area contributed by atoms with E-state index in [0.29, 0.717) is 6.04 Å². The standard InChI is InChI=1S/C26H35IN4O2/c1-19(2)33-25-10-6-5-9-24(25)31-17-15-30(16-18-31)21-13-11-20(12-14-21)28-26(32)29-23-8-4-3-7-22(23)27/h3-10,19-21H,11-18H2,1-2H3,(H2,28,29,32)/t20-,21+. The number of carbonyl (C=O) groups is 1. The molecule has 7 heteroatoms. The molecule has 0 unspecified atom stereocenters. The van der Waals surface area contributed by atoms with E-state index < -0.39 is 0 Å². The number of hydrogen-bond acceptors (Lipinski definition) is 4. The maximum atomic E-state index is 12.4. The Bertz CT molecular complexity index is 922. The summed E-state index contributed by atoms with van der Waals surface area (Å²) < 4.78 is 7.08. The molecule has 6 nitrogen and oxygen atoms in total. The molecule has 33 heavy (non-hydrogen) atoms. The Morgan fingerprint density at radius 1 is 0.970 bits per heavy atom. The molecule has 178 valence electrons. The Labute approximate surface area is 211 Å². The van der Waals surface area contributed by atoms with Gasteiger partial charge >= 0.3 is 6.03 Å². The molecule has 0 aromatic heterocycles. The van der Waals surface area contributed by atoms with Crippen LogP contribution in [0.25, 0.3) is 0 Å². The van der Waals surface area contributed by atoms with Crippen molar-refractivity contribution < 1.29 is 9.53 Å². The summed E-state index contributed by atoms with van der Waals surface area (Å²) in [5.74, 6) is 0.982. The number of para-hydroxylation sites is 3. The minimum Gasteiger partial charge on any atom is -0.489 e. The molecular formula is C26H35IN4O2. The van der Waals surface area contributed by atoms with Crippen LogP contribution in [0.2, 0.25) is 0 Å². The molecule has 1 saturated carbocycles. The number of piperazine rings is 1. The van der Waals surface area contributed by atoms with Crippen molar-refractivity contribution in [2.45, 2.75) is 57.7 Å². The van der Waals surface area contributed by atoms with Crippen LogP contribution in [-0.4, -0.2) is 55.3 Å². The summed E-state index contributed by atoms with van der Waals surface area (Å²) in [5.41, 5.74) is 2.07. The van der Waals surface area contributed by atoms with Gasteiger partial charge in [-0.05, 0) is 86.4 Å². The fourth-order valence-corrected chi connectivity index (χ4v) is 5.41. The van der Waals surface area contributed by atoms with E-state index in [2.05, 4.69) is 75.1 Å². The van der Waals surface area contributed by atoms with E-state index in [1.54, 1.807) is 0 Å². The van der Waals surface area contributed by atoms with Crippen LogP contribution in [0.4, 0.5) is 16.2 Å². The highest BCUT2D eigenvalue weighted by Crippen LogP contribution is 2.31. The molecule has 2 fully saturated rings. The van der Waals surface area contributed by atoms with Gasteiger partial charge in [0, 0.05) is 41.8 Å². The van der Waals surface area contributed by atoms with Gasteiger partial charge in [0.15, 0.2) is 0 Å². The molecule has 0 spiro atoms. The van der Waals surface area contributed by atoms with Crippen LogP contribution in [-0.2, 0) is 0 Å². The first-order valence-electron chi connectivity index (χ1n) is 12.1. The second kappa shape index (κ2) is 11.4. The lowest BCUT2D eigenvalue weighted by Crippen LogP contribution is -2.52. The predicted octanol–water partition coefficient (Wildman–Crippen LogP) is 5.33. The van der Waals surface area contributed by atoms with E-state index in [1.165, 1.54) is 5.69 Å². The van der Waals surface area contributed by atoms with Gasteiger partial charge in [0.05, 0.1) is 17.5 Å². The lowest BCUT2D eigenvalue weighted by molar-refractivity contribution is 0.137. The average Bonchev–Trinajstić information content (AvgIpc) is 2.81. The Kier molecular flexibility index (Phi) is 8.35. The van der Waals surface area contributed by atoms with Gasteiger partial charge in [-0.1, -0.05) is 24.3 Å². The van der Waals surface area contributed by atoms with Crippen LogP contribution in [0, 0.1) is 3.57 Å². The molecular weight excluding hydrogens is 527 g/mol. The quantitative estimate of drug-likeness (QED) is 0.468. The van der Waals surface area contributed by atoms with E-state index in [1.807, 2.05) is 30.3 Å². The maximum absolute atomic E-state index is 12.4. The van der Waals surface area contributed by atoms with Crippen molar-refractivity contribution in [3.8, 4) is 5.75 Å². The minimum absolute atomic E-state index is 0.0986. The van der Waals surface area contributed by atoms with E-state index in [0.717, 1.165) is 66.9 Å². The van der Waals surface area contributed by atoms with Gasteiger partial charge in [-0.15, -0.1) is 0 Å². The van der Waals surface area contributed by atoms with E-state index in [9.17, 15) is 4.79 Å². The molecule has 0 atom stereocenters. The zero-order chi connectivity index (χ0) is 23.2. The summed E-state index contributed by atoms with van der Waals surface area (Å²) in [7, 11) is 0. The van der Waals surface area contributed by atoms with Gasteiger partial charge in [-0.2, -0.15) is 0 Å². The highest BCUT2D eigenvalue weighted by molar-refractivity contribution is 14.1. The second-order valence-electron chi connectivity index (χ2n) is 9.24. The number of urea groups is 1. The summed E-state index contributed by atoms with van der Waals surface area (Å²) >= 11 is 2.25. The number of ether oxygens (including phenoxy) is 1. The van der Waals surface area contributed by atoms with Gasteiger partial charge in [0.25, 0.3) is 0 Å². The number of amides is 2. The van der Waals surface area contributed by atoms with Crippen molar-refractivity contribution in [3.63, 3.8) is 0 Å². The van der Waals surface area contributed by atoms with Crippen LogP contribution in [0.3, 0.4) is 0 Å². The fourth-order valence-electron chi connectivity index (χ4n) is 4.89. The number of hydrogen-bond donors (Lipinski definition) is 2. The van der Waals surface area contributed by atoms with Crippen LogP contribution < -0.4 is 20.3 Å². The molecule has 2 amide bonds. The third-order valence-electron chi connectivity index (χ3n) is 6.55. The zero-order valence-corrected chi connectivity index (χ0v) is 21.8. The number of benzene rings is 2. The topological polar surface area (TPSA) is 56.8 Å². The Balaban J connectivity index is 1.22. The summed E-state index contributed by atoms with van der Waals surface area (Å²) in [4.78, 5) is 17.5. The largest absolute Gasteiger partial charge is 0.489 e. The van der Waals surface area contributed by atoms with Crippen molar-refractivity contribution in [3.05, 3.63) is 52.1 Å². The van der Waals surface area contributed by atoms with Crippen LogP contribution >= 0.6 is 22.6 Å². The van der Waals surface area contributed by atoms with Crippen LogP contribution in [0.5, 0.6) is 5.75 Å². The van der Waals surface area contributed by atoms with Gasteiger partial charge in [-0.3, -0.25) is 4.90 Å². The lowest BCUT2D eigenvalue weighted by Gasteiger charge is -2.43. The summed E-state index contributed by atoms with van der Waals surface area (Å²) in [6, 6.07) is 17.0. The Hall–Kier alpha value is -2.00. The van der Waals surface area contributed by atoms with Crippen molar-refractivity contribution in [1.82, 2.24) is 10.2 Å². The molecule has 1 heterocycles.